The number of hydrogen-bond acceptors (Lipinski definition) is 2. The number of hydrogen-bond donors (Lipinski definition) is 0. The lowest BCUT2D eigenvalue weighted by Gasteiger charge is -2.19. The molecule has 0 amide bonds. The topological polar surface area (TPSA) is 26.3 Å². The average Bonchev–Trinajstić information content (AvgIpc) is 2.65. The first-order valence-electron chi connectivity index (χ1n) is 9.13. The molecule has 3 heteroatoms. The molecule has 0 spiro atoms. The van der Waals surface area contributed by atoms with Crippen molar-refractivity contribution in [2.45, 2.75) is 51.9 Å². The Balaban J connectivity index is 1.93. The molecule has 0 aliphatic heterocycles. The summed E-state index contributed by atoms with van der Waals surface area (Å²) in [6, 6.07) is 19.2. The standard InChI is InChI=1S/C21H29O2P/c1-2-3-4-5-6-7-14-19-23-24(22,20-15-10-8-11-16-20)21-17-12-9-13-18-21/h8-13,15-18H,2-7,14,19H2,1H3. The summed E-state index contributed by atoms with van der Waals surface area (Å²) < 4.78 is 19.6. The van der Waals surface area contributed by atoms with E-state index in [4.69, 9.17) is 4.52 Å². The molecule has 2 aromatic rings. The van der Waals surface area contributed by atoms with Crippen molar-refractivity contribution in [3.05, 3.63) is 60.7 Å². The third-order valence-corrected chi connectivity index (χ3v) is 6.72. The van der Waals surface area contributed by atoms with Crippen molar-refractivity contribution < 1.29 is 9.09 Å². The Morgan fingerprint density at radius 1 is 0.708 bits per heavy atom. The molecule has 2 rings (SSSR count). The van der Waals surface area contributed by atoms with Gasteiger partial charge in [-0.2, -0.15) is 0 Å². The van der Waals surface area contributed by atoms with E-state index in [2.05, 4.69) is 6.92 Å². The average molecular weight is 344 g/mol. The summed E-state index contributed by atoms with van der Waals surface area (Å²) in [5, 5.41) is 1.55. The van der Waals surface area contributed by atoms with Crippen molar-refractivity contribution in [2.24, 2.45) is 0 Å². The van der Waals surface area contributed by atoms with Crippen LogP contribution in [0.2, 0.25) is 0 Å². The Kier molecular flexibility index (Phi) is 8.28. The number of benzene rings is 2. The maximum Gasteiger partial charge on any atom is 0.261 e. The molecule has 0 radical (unpaired) electrons. The van der Waals surface area contributed by atoms with Gasteiger partial charge in [0.1, 0.15) is 0 Å². The lowest BCUT2D eigenvalue weighted by atomic mass is 10.1. The van der Waals surface area contributed by atoms with Crippen LogP contribution in [0, 0.1) is 0 Å². The highest BCUT2D eigenvalue weighted by molar-refractivity contribution is 7.74. The van der Waals surface area contributed by atoms with Crippen LogP contribution in [0.3, 0.4) is 0 Å². The van der Waals surface area contributed by atoms with Gasteiger partial charge < -0.3 is 4.52 Å². The zero-order chi connectivity index (χ0) is 17.1. The number of unbranched alkanes of at least 4 members (excludes halogenated alkanes) is 6. The molecule has 2 nitrogen and oxygen atoms in total. The van der Waals surface area contributed by atoms with Crippen molar-refractivity contribution >= 4 is 18.0 Å². The summed E-state index contributed by atoms with van der Waals surface area (Å²) in [5.41, 5.74) is 0. The van der Waals surface area contributed by atoms with Gasteiger partial charge in [0, 0.05) is 10.6 Å². The smallest absolute Gasteiger partial charge is 0.261 e. The zero-order valence-electron chi connectivity index (χ0n) is 14.7. The summed E-state index contributed by atoms with van der Waals surface area (Å²) in [4.78, 5) is 0. The first kappa shape index (κ1) is 19.0. The van der Waals surface area contributed by atoms with E-state index in [1.165, 1.54) is 32.1 Å². The molecule has 0 saturated carbocycles. The van der Waals surface area contributed by atoms with E-state index in [0.29, 0.717) is 6.61 Å². The molecule has 0 atom stereocenters. The lowest BCUT2D eigenvalue weighted by molar-refractivity contribution is 0.313. The second kappa shape index (κ2) is 10.5. The molecule has 0 bridgehead atoms. The van der Waals surface area contributed by atoms with E-state index in [0.717, 1.165) is 23.5 Å². The minimum Gasteiger partial charge on any atom is -0.322 e. The molecule has 130 valence electrons. The maximum absolute atomic E-state index is 13.6. The Morgan fingerprint density at radius 2 is 1.17 bits per heavy atom. The van der Waals surface area contributed by atoms with E-state index >= 15 is 0 Å². The fourth-order valence-corrected chi connectivity index (χ4v) is 4.91. The van der Waals surface area contributed by atoms with Crippen LogP contribution in [0.1, 0.15) is 51.9 Å². The van der Waals surface area contributed by atoms with Gasteiger partial charge in [0.15, 0.2) is 0 Å². The van der Waals surface area contributed by atoms with Gasteiger partial charge in [0.25, 0.3) is 7.37 Å². The Morgan fingerprint density at radius 3 is 1.67 bits per heavy atom. The molecule has 0 aliphatic rings. The summed E-state index contributed by atoms with van der Waals surface area (Å²) in [6.45, 7) is 2.79. The Labute approximate surface area is 146 Å². The van der Waals surface area contributed by atoms with Gasteiger partial charge in [0.2, 0.25) is 0 Å². The van der Waals surface area contributed by atoms with Crippen molar-refractivity contribution in [1.29, 1.82) is 0 Å². The van der Waals surface area contributed by atoms with E-state index in [1.54, 1.807) is 0 Å². The van der Waals surface area contributed by atoms with E-state index in [-0.39, 0.29) is 0 Å². The highest BCUT2D eigenvalue weighted by Gasteiger charge is 2.27. The largest absolute Gasteiger partial charge is 0.322 e. The quantitative estimate of drug-likeness (QED) is 0.387. The summed E-state index contributed by atoms with van der Waals surface area (Å²) >= 11 is 0. The highest BCUT2D eigenvalue weighted by atomic mass is 31.2. The Bertz CT molecular complexity index is 567. The van der Waals surface area contributed by atoms with Gasteiger partial charge >= 0.3 is 0 Å². The van der Waals surface area contributed by atoms with Crippen LogP contribution in [0.15, 0.2) is 60.7 Å². The Hall–Kier alpha value is -1.37. The molecule has 0 heterocycles. The summed E-state index contributed by atoms with van der Waals surface area (Å²) in [6.07, 6.45) is 8.58. The molecular weight excluding hydrogens is 315 g/mol. The normalized spacial score (nSPS) is 11.5. The fourth-order valence-electron chi connectivity index (χ4n) is 2.80. The van der Waals surface area contributed by atoms with Gasteiger partial charge in [-0.3, -0.25) is 4.57 Å². The SMILES string of the molecule is CCCCCCCCCOP(=O)(c1ccccc1)c1ccccc1. The molecule has 0 aromatic heterocycles. The first-order valence-corrected chi connectivity index (χ1v) is 10.8. The van der Waals surface area contributed by atoms with Gasteiger partial charge in [-0.15, -0.1) is 0 Å². The molecule has 0 aliphatic carbocycles. The van der Waals surface area contributed by atoms with Crippen molar-refractivity contribution in [3.8, 4) is 0 Å². The van der Waals surface area contributed by atoms with Gasteiger partial charge in [0.05, 0.1) is 6.61 Å². The van der Waals surface area contributed by atoms with Crippen LogP contribution < -0.4 is 10.6 Å². The minimum atomic E-state index is -2.99. The predicted molar refractivity (Wildman–Crippen MR) is 104 cm³/mol. The van der Waals surface area contributed by atoms with E-state index < -0.39 is 7.37 Å². The monoisotopic (exact) mass is 344 g/mol. The molecule has 0 N–H and O–H groups in total. The third kappa shape index (κ3) is 5.61. The first-order chi connectivity index (χ1) is 11.8. The van der Waals surface area contributed by atoms with Crippen LogP contribution in [-0.4, -0.2) is 6.61 Å². The van der Waals surface area contributed by atoms with Crippen LogP contribution in [0.25, 0.3) is 0 Å². The molecule has 0 unspecified atom stereocenters. The van der Waals surface area contributed by atoms with Crippen molar-refractivity contribution in [3.63, 3.8) is 0 Å². The second-order valence-electron chi connectivity index (χ2n) is 6.18. The fraction of sp³-hybridized carbons (Fsp3) is 0.429. The van der Waals surface area contributed by atoms with Gasteiger partial charge in [-0.05, 0) is 30.7 Å². The van der Waals surface area contributed by atoms with Gasteiger partial charge in [-0.25, -0.2) is 0 Å². The van der Waals surface area contributed by atoms with Crippen LogP contribution in [0.5, 0.6) is 0 Å². The maximum atomic E-state index is 13.6. The van der Waals surface area contributed by atoms with E-state index in [1.807, 2.05) is 60.7 Å². The molecule has 24 heavy (non-hydrogen) atoms. The van der Waals surface area contributed by atoms with Crippen LogP contribution in [0.4, 0.5) is 0 Å². The summed E-state index contributed by atoms with van der Waals surface area (Å²) in [5.74, 6) is 0. The molecule has 0 fully saturated rings. The predicted octanol–water partition coefficient (Wildman–Crippen LogP) is 5.68. The van der Waals surface area contributed by atoms with Crippen LogP contribution in [-0.2, 0) is 9.09 Å². The molecular formula is C21H29O2P. The van der Waals surface area contributed by atoms with Gasteiger partial charge in [-0.1, -0.05) is 81.8 Å². The number of rotatable bonds is 11. The lowest BCUT2D eigenvalue weighted by Crippen LogP contribution is -2.18. The molecule has 2 aromatic carbocycles. The van der Waals surface area contributed by atoms with Crippen LogP contribution >= 0.6 is 7.37 Å². The third-order valence-electron chi connectivity index (χ3n) is 4.21. The van der Waals surface area contributed by atoms with Crippen molar-refractivity contribution in [1.82, 2.24) is 0 Å². The van der Waals surface area contributed by atoms with E-state index in [9.17, 15) is 4.57 Å². The second-order valence-corrected chi connectivity index (χ2v) is 8.57. The summed E-state index contributed by atoms with van der Waals surface area (Å²) in [7, 11) is -2.99. The minimum absolute atomic E-state index is 0.550. The van der Waals surface area contributed by atoms with Crippen molar-refractivity contribution in [2.75, 3.05) is 6.61 Å². The molecule has 0 saturated heterocycles. The highest BCUT2D eigenvalue weighted by Crippen LogP contribution is 2.44. The zero-order valence-corrected chi connectivity index (χ0v) is 15.6.